The highest BCUT2D eigenvalue weighted by Gasteiger charge is 2.61. The van der Waals surface area contributed by atoms with Crippen LogP contribution in [0.3, 0.4) is 0 Å². The predicted molar refractivity (Wildman–Crippen MR) is 110 cm³/mol. The second-order valence-electron chi connectivity index (χ2n) is 10.9. The molecule has 3 heteroatoms. The van der Waals surface area contributed by atoms with Crippen LogP contribution >= 0.6 is 0 Å². The number of hydrogen-bond acceptors (Lipinski definition) is 3. The maximum Gasteiger partial charge on any atom is 0.133 e. The molecule has 0 amide bonds. The van der Waals surface area contributed by atoms with E-state index in [1.165, 1.54) is 32.1 Å². The van der Waals surface area contributed by atoms with Gasteiger partial charge < -0.3 is 9.84 Å². The van der Waals surface area contributed by atoms with Crippen LogP contribution < -0.4 is 0 Å². The van der Waals surface area contributed by atoms with Gasteiger partial charge in [0.15, 0.2) is 0 Å². The summed E-state index contributed by atoms with van der Waals surface area (Å²) in [7, 11) is 1.65. The van der Waals surface area contributed by atoms with Gasteiger partial charge in [-0.15, -0.1) is 0 Å². The number of Topliss-reactive ketones (excluding diaryl/α,β-unsaturated/α-hetero) is 1. The highest BCUT2D eigenvalue weighted by Crippen LogP contribution is 2.68. The summed E-state index contributed by atoms with van der Waals surface area (Å²) in [5.41, 5.74) is -0.267. The van der Waals surface area contributed by atoms with Crippen LogP contribution in [0.4, 0.5) is 0 Å². The molecule has 0 bridgehead atoms. The van der Waals surface area contributed by atoms with E-state index in [1.807, 2.05) is 6.92 Å². The molecule has 0 aromatic rings. The van der Waals surface area contributed by atoms with Crippen LogP contribution in [0.15, 0.2) is 0 Å². The van der Waals surface area contributed by atoms with Gasteiger partial charge in [0.25, 0.3) is 0 Å². The minimum Gasteiger partial charge on any atom is -0.378 e. The third-order valence-corrected chi connectivity index (χ3v) is 9.75. The Labute approximate surface area is 171 Å². The average molecular weight is 387 g/mol. The summed E-state index contributed by atoms with van der Waals surface area (Å²) in [5, 5.41) is 11.1. The number of hydrogen-bond donors (Lipinski definition) is 1. The van der Waals surface area contributed by atoms with Crippen molar-refractivity contribution in [1.82, 2.24) is 0 Å². The molecule has 8 atom stereocenters. The fraction of sp³-hybridized carbons (Fsp3) is 0.880. The third-order valence-electron chi connectivity index (χ3n) is 9.75. The lowest BCUT2D eigenvalue weighted by Gasteiger charge is -2.61. The van der Waals surface area contributed by atoms with E-state index in [2.05, 4.69) is 25.7 Å². The lowest BCUT2D eigenvalue weighted by molar-refractivity contribution is -0.144. The molecule has 0 aromatic carbocycles. The number of aliphatic hydroxyl groups is 1. The van der Waals surface area contributed by atoms with E-state index in [0.29, 0.717) is 23.7 Å². The molecule has 0 spiro atoms. The second-order valence-corrected chi connectivity index (χ2v) is 10.9. The van der Waals surface area contributed by atoms with Gasteiger partial charge >= 0.3 is 0 Å². The van der Waals surface area contributed by atoms with E-state index in [-0.39, 0.29) is 11.3 Å². The minimum absolute atomic E-state index is 0.233. The van der Waals surface area contributed by atoms with Crippen molar-refractivity contribution in [3.05, 3.63) is 0 Å². The Morgan fingerprint density at radius 2 is 1.79 bits per heavy atom. The maximum atomic E-state index is 12.3. The van der Waals surface area contributed by atoms with Crippen molar-refractivity contribution in [2.75, 3.05) is 13.7 Å². The first kappa shape index (κ1) is 20.4. The summed E-state index contributed by atoms with van der Waals surface area (Å²) in [5.74, 6) is 9.66. The smallest absolute Gasteiger partial charge is 0.133 e. The minimum atomic E-state index is -0.828. The largest absolute Gasteiger partial charge is 0.378 e. The summed E-state index contributed by atoms with van der Waals surface area (Å²) in [4.78, 5) is 12.3. The maximum absolute atomic E-state index is 12.3. The topological polar surface area (TPSA) is 46.5 Å². The number of ketones is 1. The number of carbonyl (C=O) groups excluding carboxylic acids is 1. The van der Waals surface area contributed by atoms with Gasteiger partial charge in [-0.1, -0.05) is 25.7 Å². The van der Waals surface area contributed by atoms with Gasteiger partial charge in [-0.2, -0.15) is 0 Å². The highest BCUT2D eigenvalue weighted by atomic mass is 16.5. The Bertz CT molecular complexity index is 690. The Morgan fingerprint density at radius 1 is 1.04 bits per heavy atom. The van der Waals surface area contributed by atoms with Gasteiger partial charge in [0.2, 0.25) is 0 Å². The predicted octanol–water partition coefficient (Wildman–Crippen LogP) is 4.62. The molecule has 4 aliphatic carbocycles. The van der Waals surface area contributed by atoms with E-state index in [0.717, 1.165) is 43.4 Å². The van der Waals surface area contributed by atoms with Crippen molar-refractivity contribution in [3.8, 4) is 11.8 Å². The zero-order valence-corrected chi connectivity index (χ0v) is 18.2. The Morgan fingerprint density at radius 3 is 2.50 bits per heavy atom. The SMILES string of the molecule is COCC#C[C@@]1(O)CC[C@@]2(C)[C@H](CC[C@@H]3[C@@H]2CC[C@]2(C)[C@@H](C(C)=O)CC[C@@H]32)C1. The molecule has 28 heavy (non-hydrogen) atoms. The molecule has 1 N–H and O–H groups in total. The number of ether oxygens (including phenoxy) is 1. The van der Waals surface area contributed by atoms with Crippen LogP contribution in [0, 0.1) is 52.3 Å². The monoisotopic (exact) mass is 386 g/mol. The molecule has 4 aliphatic rings. The van der Waals surface area contributed by atoms with Crippen LogP contribution in [0.2, 0.25) is 0 Å². The van der Waals surface area contributed by atoms with Crippen molar-refractivity contribution in [3.63, 3.8) is 0 Å². The normalized spacial score (nSPS) is 50.0. The fourth-order valence-corrected chi connectivity index (χ4v) is 8.30. The van der Waals surface area contributed by atoms with Crippen molar-refractivity contribution in [1.29, 1.82) is 0 Å². The average Bonchev–Trinajstić information content (AvgIpc) is 3.00. The van der Waals surface area contributed by atoms with E-state index >= 15 is 0 Å². The number of methoxy groups -OCH3 is 1. The van der Waals surface area contributed by atoms with Gasteiger partial charge in [0.1, 0.15) is 18.0 Å². The van der Waals surface area contributed by atoms with Gasteiger partial charge in [0, 0.05) is 13.0 Å². The Hall–Kier alpha value is -0.850. The van der Waals surface area contributed by atoms with Crippen molar-refractivity contribution in [2.45, 2.75) is 84.2 Å². The summed E-state index contributed by atoms with van der Waals surface area (Å²) in [6.07, 6.45) is 10.0. The molecule has 4 saturated carbocycles. The molecule has 4 rings (SSSR count). The van der Waals surface area contributed by atoms with E-state index in [9.17, 15) is 9.90 Å². The first-order chi connectivity index (χ1) is 13.2. The first-order valence-corrected chi connectivity index (χ1v) is 11.5. The summed E-state index contributed by atoms with van der Waals surface area (Å²) in [6, 6.07) is 0. The summed E-state index contributed by atoms with van der Waals surface area (Å²) in [6.45, 7) is 7.14. The fourth-order valence-electron chi connectivity index (χ4n) is 8.30. The number of carbonyl (C=O) groups is 1. The van der Waals surface area contributed by atoms with Crippen LogP contribution in [0.5, 0.6) is 0 Å². The molecule has 156 valence electrons. The molecule has 0 radical (unpaired) electrons. The third kappa shape index (κ3) is 3.07. The van der Waals surface area contributed by atoms with Crippen LogP contribution in [0.1, 0.15) is 78.6 Å². The Kier molecular flexibility index (Phi) is 5.20. The molecule has 3 nitrogen and oxygen atoms in total. The van der Waals surface area contributed by atoms with Crippen LogP contribution in [-0.2, 0) is 9.53 Å². The summed E-state index contributed by atoms with van der Waals surface area (Å²) >= 11 is 0. The number of rotatable bonds is 2. The molecule has 0 heterocycles. The first-order valence-electron chi connectivity index (χ1n) is 11.5. The van der Waals surface area contributed by atoms with Gasteiger partial charge in [-0.3, -0.25) is 4.79 Å². The zero-order chi connectivity index (χ0) is 20.2. The van der Waals surface area contributed by atoms with Crippen molar-refractivity contribution in [2.24, 2.45) is 40.4 Å². The van der Waals surface area contributed by atoms with E-state index in [1.54, 1.807) is 7.11 Å². The number of fused-ring (bicyclic) bond motifs is 5. The molecular weight excluding hydrogens is 348 g/mol. The van der Waals surface area contributed by atoms with E-state index < -0.39 is 5.60 Å². The molecule has 0 aromatic heterocycles. The molecular formula is C25H38O3. The Balaban J connectivity index is 1.54. The lowest BCUT2D eigenvalue weighted by Crippen LogP contribution is -2.56. The lowest BCUT2D eigenvalue weighted by atomic mass is 9.44. The van der Waals surface area contributed by atoms with Crippen molar-refractivity contribution >= 4 is 5.78 Å². The molecule has 4 fully saturated rings. The van der Waals surface area contributed by atoms with Gasteiger partial charge in [-0.05, 0) is 99.2 Å². The van der Waals surface area contributed by atoms with Gasteiger partial charge in [-0.25, -0.2) is 0 Å². The standard InChI is InChI=1S/C25H38O3/c1-17(26)20-8-9-21-19-7-6-18-16-25(27,11-5-15-28-4)14-13-23(18,2)22(19)10-12-24(20,21)3/h18-22,27H,6-10,12-16H2,1-4H3/t18-,19+,20-,21+,22+,23+,24-,25-/m1/s1. The second kappa shape index (κ2) is 7.13. The highest BCUT2D eigenvalue weighted by molar-refractivity contribution is 5.79. The van der Waals surface area contributed by atoms with Crippen LogP contribution in [0.25, 0.3) is 0 Å². The molecule has 0 aliphatic heterocycles. The van der Waals surface area contributed by atoms with Gasteiger partial charge in [0.05, 0.1) is 0 Å². The molecule has 0 saturated heterocycles. The van der Waals surface area contributed by atoms with Crippen molar-refractivity contribution < 1.29 is 14.6 Å². The molecule has 0 unspecified atom stereocenters. The quantitative estimate of drug-likeness (QED) is 0.705. The van der Waals surface area contributed by atoms with E-state index in [4.69, 9.17) is 4.74 Å². The summed E-state index contributed by atoms with van der Waals surface area (Å²) < 4.78 is 5.04. The van der Waals surface area contributed by atoms with Crippen LogP contribution in [-0.4, -0.2) is 30.2 Å². The zero-order valence-electron chi connectivity index (χ0n) is 18.2.